The summed E-state index contributed by atoms with van der Waals surface area (Å²) in [5.41, 5.74) is 2.58. The van der Waals surface area contributed by atoms with Crippen LogP contribution >= 0.6 is 11.3 Å². The van der Waals surface area contributed by atoms with Crippen molar-refractivity contribution in [2.45, 2.75) is 32.7 Å². The van der Waals surface area contributed by atoms with Gasteiger partial charge in [-0.05, 0) is 31.2 Å². The predicted octanol–water partition coefficient (Wildman–Crippen LogP) is 0.911. The summed E-state index contributed by atoms with van der Waals surface area (Å²) >= 11 is 1.65. The summed E-state index contributed by atoms with van der Waals surface area (Å²) in [6.07, 6.45) is 1.14. The molecule has 1 aliphatic rings. The first-order chi connectivity index (χ1) is 9.49. The molecule has 1 aliphatic heterocycles. The van der Waals surface area contributed by atoms with E-state index in [4.69, 9.17) is 4.74 Å². The van der Waals surface area contributed by atoms with E-state index in [9.17, 15) is 14.4 Å². The van der Waals surface area contributed by atoms with Gasteiger partial charge in [-0.15, -0.1) is 11.3 Å². The molecule has 1 saturated heterocycles. The van der Waals surface area contributed by atoms with Gasteiger partial charge >= 0.3 is 0 Å². The maximum absolute atomic E-state index is 10.8. The molecule has 1 fully saturated rings. The number of piperidine rings is 1. The van der Waals surface area contributed by atoms with Gasteiger partial charge in [0.1, 0.15) is 6.04 Å². The lowest BCUT2D eigenvalue weighted by Gasteiger charge is -2.19. The molecule has 110 valence electrons. The van der Waals surface area contributed by atoms with E-state index in [2.05, 4.69) is 29.9 Å². The number of rotatable bonds is 3. The normalized spacial score (nSPS) is 17.6. The SMILES string of the molecule is COc1scc(C)c1C.O=CNC1CCC(=O)NC1=O. The maximum Gasteiger partial charge on any atom is 0.249 e. The zero-order valence-corrected chi connectivity index (χ0v) is 12.5. The van der Waals surface area contributed by atoms with Crippen LogP contribution in [-0.4, -0.2) is 31.4 Å². The van der Waals surface area contributed by atoms with Crippen LogP contribution in [0.2, 0.25) is 0 Å². The third kappa shape index (κ3) is 4.34. The number of methoxy groups -OCH3 is 1. The fourth-order valence-corrected chi connectivity index (χ4v) is 2.51. The number of ether oxygens (including phenoxy) is 1. The lowest BCUT2D eigenvalue weighted by Crippen LogP contribution is -2.50. The highest BCUT2D eigenvalue weighted by molar-refractivity contribution is 7.12. The molecule has 0 bridgehead atoms. The van der Waals surface area contributed by atoms with Crippen molar-refractivity contribution in [3.8, 4) is 5.06 Å². The fraction of sp³-hybridized carbons (Fsp3) is 0.462. The number of amides is 3. The van der Waals surface area contributed by atoms with Gasteiger partial charge in [-0.3, -0.25) is 19.7 Å². The van der Waals surface area contributed by atoms with Gasteiger partial charge in [0.2, 0.25) is 18.2 Å². The zero-order valence-electron chi connectivity index (χ0n) is 11.7. The molecule has 2 rings (SSSR count). The minimum Gasteiger partial charge on any atom is -0.487 e. The van der Waals surface area contributed by atoms with E-state index in [1.54, 1.807) is 18.4 Å². The lowest BCUT2D eigenvalue weighted by atomic mass is 10.1. The molecule has 2 N–H and O–H groups in total. The standard InChI is InChI=1S/C7H10OS.C6H8N2O3/c1-5-4-9-7(8-3)6(5)2;9-3-7-4-1-2-5(10)8-6(4)11/h4H,1-3H3;3-4H,1-2H2,(H,7,9)(H,8,10,11). The number of carbonyl (C=O) groups is 3. The van der Waals surface area contributed by atoms with E-state index in [1.165, 1.54) is 11.1 Å². The molecule has 1 aromatic rings. The first kappa shape index (κ1) is 16.2. The minimum atomic E-state index is -0.537. The van der Waals surface area contributed by atoms with Gasteiger partial charge in [-0.2, -0.15) is 0 Å². The highest BCUT2D eigenvalue weighted by Crippen LogP contribution is 2.28. The quantitative estimate of drug-likeness (QED) is 0.642. The van der Waals surface area contributed by atoms with Crippen molar-refractivity contribution >= 4 is 29.6 Å². The van der Waals surface area contributed by atoms with Gasteiger partial charge in [-0.25, -0.2) is 0 Å². The number of thiophene rings is 1. The van der Waals surface area contributed by atoms with Gasteiger partial charge in [-0.1, -0.05) is 0 Å². The zero-order chi connectivity index (χ0) is 15.1. The summed E-state index contributed by atoms with van der Waals surface area (Å²) in [6, 6.07) is -0.537. The molecular weight excluding hydrogens is 280 g/mol. The Balaban J connectivity index is 0.000000204. The van der Waals surface area contributed by atoms with Crippen LogP contribution < -0.4 is 15.4 Å². The third-order valence-corrected chi connectivity index (χ3v) is 4.09. The van der Waals surface area contributed by atoms with Gasteiger partial charge in [0.15, 0.2) is 5.06 Å². The van der Waals surface area contributed by atoms with E-state index in [1.807, 2.05) is 0 Å². The van der Waals surface area contributed by atoms with Crippen LogP contribution in [0.3, 0.4) is 0 Å². The number of imide groups is 1. The molecule has 3 amide bonds. The third-order valence-electron chi connectivity index (χ3n) is 2.93. The second kappa shape index (κ2) is 7.64. The Morgan fingerprint density at radius 3 is 2.55 bits per heavy atom. The van der Waals surface area contributed by atoms with Crippen molar-refractivity contribution in [1.82, 2.24) is 10.6 Å². The summed E-state index contributed by atoms with van der Waals surface area (Å²) in [5.74, 6) is -0.702. The van der Waals surface area contributed by atoms with Gasteiger partial charge in [0, 0.05) is 12.0 Å². The fourth-order valence-electron chi connectivity index (χ4n) is 1.62. The molecule has 1 unspecified atom stereocenters. The summed E-state index contributed by atoms with van der Waals surface area (Å²) in [5, 5.41) is 7.56. The minimum absolute atomic E-state index is 0.279. The molecule has 1 aromatic heterocycles. The second-order valence-electron chi connectivity index (χ2n) is 4.32. The van der Waals surface area contributed by atoms with Gasteiger partial charge in [0.25, 0.3) is 0 Å². The van der Waals surface area contributed by atoms with Crippen LogP contribution in [0.1, 0.15) is 24.0 Å². The van der Waals surface area contributed by atoms with E-state index in [0.717, 1.165) is 5.06 Å². The molecule has 7 heteroatoms. The molecule has 20 heavy (non-hydrogen) atoms. The Bertz CT molecular complexity index is 499. The summed E-state index contributed by atoms with van der Waals surface area (Å²) in [6.45, 7) is 4.17. The van der Waals surface area contributed by atoms with Crippen LogP contribution in [0.4, 0.5) is 0 Å². The average molecular weight is 298 g/mol. The molecule has 2 heterocycles. The number of carbonyl (C=O) groups excluding carboxylic acids is 3. The van der Waals surface area contributed by atoms with Crippen molar-refractivity contribution in [2.24, 2.45) is 0 Å². The van der Waals surface area contributed by atoms with Crippen molar-refractivity contribution in [3.05, 3.63) is 16.5 Å². The van der Waals surface area contributed by atoms with E-state index in [-0.39, 0.29) is 12.3 Å². The van der Waals surface area contributed by atoms with E-state index < -0.39 is 11.9 Å². The number of aryl methyl sites for hydroxylation is 1. The highest BCUT2D eigenvalue weighted by atomic mass is 32.1. The first-order valence-electron chi connectivity index (χ1n) is 6.11. The van der Waals surface area contributed by atoms with Crippen LogP contribution in [0.5, 0.6) is 5.06 Å². The summed E-state index contributed by atoms with van der Waals surface area (Å²) in [4.78, 5) is 31.3. The van der Waals surface area contributed by atoms with Crippen molar-refractivity contribution < 1.29 is 19.1 Å². The van der Waals surface area contributed by atoms with Gasteiger partial charge in [0.05, 0.1) is 7.11 Å². The predicted molar refractivity (Wildman–Crippen MR) is 75.7 cm³/mol. The Hall–Kier alpha value is -1.89. The van der Waals surface area contributed by atoms with Crippen LogP contribution in [0.25, 0.3) is 0 Å². The van der Waals surface area contributed by atoms with Crippen LogP contribution in [0.15, 0.2) is 5.38 Å². The smallest absolute Gasteiger partial charge is 0.249 e. The van der Waals surface area contributed by atoms with E-state index in [0.29, 0.717) is 12.8 Å². The highest BCUT2D eigenvalue weighted by Gasteiger charge is 2.25. The molecule has 6 nitrogen and oxygen atoms in total. The van der Waals surface area contributed by atoms with Crippen molar-refractivity contribution in [2.75, 3.05) is 7.11 Å². The van der Waals surface area contributed by atoms with E-state index >= 15 is 0 Å². The Kier molecular flexibility index (Phi) is 6.17. The average Bonchev–Trinajstić information content (AvgIpc) is 2.74. The monoisotopic (exact) mass is 298 g/mol. The molecular formula is C13H18N2O4S. The molecule has 0 spiro atoms. The Morgan fingerprint density at radius 2 is 2.15 bits per heavy atom. The Labute approximate surface area is 121 Å². The van der Waals surface area contributed by atoms with Gasteiger partial charge < -0.3 is 10.1 Å². The Morgan fingerprint density at radius 1 is 1.45 bits per heavy atom. The number of hydrogen-bond donors (Lipinski definition) is 2. The molecule has 0 radical (unpaired) electrons. The topological polar surface area (TPSA) is 84.5 Å². The molecule has 1 atom stereocenters. The second-order valence-corrected chi connectivity index (χ2v) is 5.17. The molecule has 0 aliphatic carbocycles. The first-order valence-corrected chi connectivity index (χ1v) is 6.99. The molecule has 0 saturated carbocycles. The molecule has 0 aromatic carbocycles. The van der Waals surface area contributed by atoms with Crippen molar-refractivity contribution in [3.63, 3.8) is 0 Å². The van der Waals surface area contributed by atoms with Crippen LogP contribution in [-0.2, 0) is 14.4 Å². The lowest BCUT2D eigenvalue weighted by molar-refractivity contribution is -0.135. The van der Waals surface area contributed by atoms with Crippen molar-refractivity contribution in [1.29, 1.82) is 0 Å². The summed E-state index contributed by atoms with van der Waals surface area (Å²) < 4.78 is 5.08. The number of hydrogen-bond acceptors (Lipinski definition) is 5. The summed E-state index contributed by atoms with van der Waals surface area (Å²) in [7, 11) is 1.71. The number of nitrogens with one attached hydrogen (secondary N) is 2. The van der Waals surface area contributed by atoms with Crippen LogP contribution in [0, 0.1) is 13.8 Å². The maximum atomic E-state index is 10.8. The largest absolute Gasteiger partial charge is 0.487 e.